The largest absolute Gasteiger partial charge is 0.337 e. The molecule has 0 saturated carbocycles. The van der Waals surface area contributed by atoms with Gasteiger partial charge in [0.05, 0.1) is 15.6 Å². The summed E-state index contributed by atoms with van der Waals surface area (Å²) in [7, 11) is -2.01. The molecule has 2 aliphatic rings. The number of nitrogens with zero attached hydrogens (tertiary/aromatic N) is 3. The van der Waals surface area contributed by atoms with Crippen LogP contribution in [0, 0.1) is 0 Å². The highest BCUT2D eigenvalue weighted by Crippen LogP contribution is 2.49. The van der Waals surface area contributed by atoms with Crippen LogP contribution in [-0.2, 0) is 21.2 Å². The summed E-state index contributed by atoms with van der Waals surface area (Å²) in [5.74, 6) is -0.222. The Morgan fingerprint density at radius 2 is 1.70 bits per heavy atom. The Balaban J connectivity index is 1.71. The maximum absolute atomic E-state index is 13.1. The smallest absolute Gasteiger partial charge is 0.284 e. The summed E-state index contributed by atoms with van der Waals surface area (Å²) in [6.45, 7) is 4.16. The fraction of sp³-hybridized carbons (Fsp3) is 0.238. The van der Waals surface area contributed by atoms with E-state index in [9.17, 15) is 13.2 Å². The molecular formula is C21H21N3O3S3. The molecule has 30 heavy (non-hydrogen) atoms. The van der Waals surface area contributed by atoms with Crippen LogP contribution in [0.25, 0.3) is 0 Å². The van der Waals surface area contributed by atoms with Gasteiger partial charge in [-0.15, -0.1) is 4.40 Å². The number of fused-ring (bicyclic) bond motifs is 1. The zero-order valence-corrected chi connectivity index (χ0v) is 19.3. The molecule has 2 aliphatic heterocycles. The number of amides is 1. The molecule has 1 saturated heterocycles. The van der Waals surface area contributed by atoms with Crippen LogP contribution < -0.4 is 4.90 Å². The molecular weight excluding hydrogens is 438 g/mol. The summed E-state index contributed by atoms with van der Waals surface area (Å²) in [5, 5.41) is 0.981. The molecule has 0 radical (unpaired) electrons. The molecule has 0 unspecified atom stereocenters. The number of amidine groups is 1. The second-order valence-electron chi connectivity index (χ2n) is 6.76. The number of likely N-dealkylation sites (N-methyl/N-ethyl adjacent to an activating group) is 1. The molecule has 0 spiro atoms. The Morgan fingerprint density at radius 3 is 2.33 bits per heavy atom. The number of benzene rings is 2. The normalized spacial score (nSPS) is 20.4. The SMILES string of the molecule is CCc1ccc(S(=O)(=O)/N=C2/S/C(=C3/Sc4ccccc4N3C)C(=O)N2CC)cc1. The number of hydrogen-bond acceptors (Lipinski definition) is 6. The van der Waals surface area contributed by atoms with Crippen molar-refractivity contribution in [3.05, 3.63) is 64.0 Å². The minimum absolute atomic E-state index is 0.122. The van der Waals surface area contributed by atoms with Crippen molar-refractivity contribution in [2.24, 2.45) is 4.40 Å². The minimum atomic E-state index is -3.92. The number of carbonyl (C=O) groups excluding carboxylic acids is 1. The van der Waals surface area contributed by atoms with Gasteiger partial charge >= 0.3 is 0 Å². The standard InChI is InChI=1S/C21H21N3O3S3/c1-4-14-10-12-15(13-11-14)30(26,27)22-21-24(5-2)19(25)18(29-21)20-23(3)16-8-6-7-9-17(16)28-20/h6-13H,4-5H2,1-3H3/b20-18+,22-21+. The van der Waals surface area contributed by atoms with Gasteiger partial charge in [-0.3, -0.25) is 9.69 Å². The van der Waals surface area contributed by atoms with Gasteiger partial charge in [-0.2, -0.15) is 8.42 Å². The van der Waals surface area contributed by atoms with E-state index in [-0.39, 0.29) is 16.0 Å². The van der Waals surface area contributed by atoms with Gasteiger partial charge in [0.25, 0.3) is 15.9 Å². The molecule has 2 heterocycles. The number of para-hydroxylation sites is 1. The average Bonchev–Trinajstić information content (AvgIpc) is 3.24. The number of hydrogen-bond donors (Lipinski definition) is 0. The maximum Gasteiger partial charge on any atom is 0.284 e. The van der Waals surface area contributed by atoms with Crippen LogP contribution in [-0.4, -0.2) is 38.0 Å². The predicted molar refractivity (Wildman–Crippen MR) is 123 cm³/mol. The van der Waals surface area contributed by atoms with Gasteiger partial charge in [0.2, 0.25) is 0 Å². The Labute approximate surface area is 185 Å². The highest BCUT2D eigenvalue weighted by atomic mass is 32.2. The van der Waals surface area contributed by atoms with Crippen molar-refractivity contribution in [1.82, 2.24) is 4.90 Å². The zero-order chi connectivity index (χ0) is 21.5. The third-order valence-corrected chi connectivity index (χ3v) is 8.77. The van der Waals surface area contributed by atoms with Crippen molar-refractivity contribution in [2.45, 2.75) is 30.1 Å². The molecule has 156 valence electrons. The van der Waals surface area contributed by atoms with Gasteiger partial charge in [-0.05, 0) is 54.9 Å². The van der Waals surface area contributed by atoms with E-state index in [1.165, 1.54) is 16.7 Å². The lowest BCUT2D eigenvalue weighted by atomic mass is 10.2. The van der Waals surface area contributed by atoms with Crippen LogP contribution in [0.3, 0.4) is 0 Å². The summed E-state index contributed by atoms with van der Waals surface area (Å²) in [6, 6.07) is 14.6. The Hall–Kier alpha value is -2.23. The highest BCUT2D eigenvalue weighted by Gasteiger charge is 2.39. The van der Waals surface area contributed by atoms with Crippen LogP contribution in [0.2, 0.25) is 0 Å². The third-order valence-electron chi connectivity index (χ3n) is 4.94. The fourth-order valence-corrected chi connectivity index (χ4v) is 6.82. The van der Waals surface area contributed by atoms with E-state index in [1.807, 2.05) is 50.1 Å². The van der Waals surface area contributed by atoms with Crippen LogP contribution in [0.15, 0.2) is 72.7 Å². The highest BCUT2D eigenvalue weighted by molar-refractivity contribution is 8.19. The molecule has 2 aromatic rings. The van der Waals surface area contributed by atoms with Crippen molar-refractivity contribution in [3.63, 3.8) is 0 Å². The van der Waals surface area contributed by atoms with Gasteiger partial charge in [0.15, 0.2) is 5.17 Å². The summed E-state index contributed by atoms with van der Waals surface area (Å²) < 4.78 is 29.7. The second-order valence-corrected chi connectivity index (χ2v) is 10.4. The van der Waals surface area contributed by atoms with E-state index in [0.717, 1.165) is 39.4 Å². The van der Waals surface area contributed by atoms with Gasteiger partial charge in [-0.1, -0.05) is 43.0 Å². The number of rotatable bonds is 4. The number of carbonyl (C=O) groups is 1. The fourth-order valence-electron chi connectivity index (χ4n) is 3.24. The molecule has 4 rings (SSSR count). The first-order chi connectivity index (χ1) is 14.4. The molecule has 2 aromatic carbocycles. The molecule has 9 heteroatoms. The first kappa shape index (κ1) is 21.0. The lowest BCUT2D eigenvalue weighted by Gasteiger charge is -2.15. The molecule has 0 aromatic heterocycles. The van der Waals surface area contributed by atoms with E-state index in [2.05, 4.69) is 4.40 Å². The Kier molecular flexibility index (Phi) is 5.69. The number of aryl methyl sites for hydroxylation is 1. The van der Waals surface area contributed by atoms with Crippen molar-refractivity contribution < 1.29 is 13.2 Å². The first-order valence-electron chi connectivity index (χ1n) is 9.54. The van der Waals surface area contributed by atoms with E-state index in [0.29, 0.717) is 11.4 Å². The molecule has 0 atom stereocenters. The maximum atomic E-state index is 13.1. The summed E-state index contributed by atoms with van der Waals surface area (Å²) in [5.41, 5.74) is 2.07. The summed E-state index contributed by atoms with van der Waals surface area (Å²) in [4.78, 5) is 18.1. The van der Waals surface area contributed by atoms with Crippen molar-refractivity contribution in [1.29, 1.82) is 0 Å². The first-order valence-corrected chi connectivity index (χ1v) is 12.6. The number of anilines is 1. The van der Waals surface area contributed by atoms with E-state index >= 15 is 0 Å². The molecule has 0 bridgehead atoms. The van der Waals surface area contributed by atoms with Gasteiger partial charge in [0, 0.05) is 18.5 Å². The summed E-state index contributed by atoms with van der Waals surface area (Å²) in [6.07, 6.45) is 0.827. The third kappa shape index (κ3) is 3.66. The molecule has 0 aliphatic carbocycles. The van der Waals surface area contributed by atoms with Crippen LogP contribution in [0.4, 0.5) is 5.69 Å². The average molecular weight is 460 g/mol. The Bertz CT molecular complexity index is 1170. The summed E-state index contributed by atoms with van der Waals surface area (Å²) >= 11 is 2.63. The monoisotopic (exact) mass is 459 g/mol. The van der Waals surface area contributed by atoms with E-state index < -0.39 is 10.0 Å². The number of sulfonamides is 1. The van der Waals surface area contributed by atoms with Crippen LogP contribution in [0.5, 0.6) is 0 Å². The molecule has 0 N–H and O–H groups in total. The van der Waals surface area contributed by atoms with E-state index in [1.54, 1.807) is 24.3 Å². The van der Waals surface area contributed by atoms with Crippen LogP contribution in [0.1, 0.15) is 19.4 Å². The van der Waals surface area contributed by atoms with Crippen molar-refractivity contribution >= 4 is 50.3 Å². The topological polar surface area (TPSA) is 70.0 Å². The molecule has 1 fully saturated rings. The van der Waals surface area contributed by atoms with Crippen molar-refractivity contribution in [3.8, 4) is 0 Å². The number of thioether (sulfide) groups is 2. The predicted octanol–water partition coefficient (Wildman–Crippen LogP) is 4.30. The second kappa shape index (κ2) is 8.13. The van der Waals surface area contributed by atoms with Crippen LogP contribution >= 0.6 is 23.5 Å². The van der Waals surface area contributed by atoms with Crippen molar-refractivity contribution in [2.75, 3.05) is 18.5 Å². The van der Waals surface area contributed by atoms with Gasteiger partial charge < -0.3 is 4.90 Å². The lowest BCUT2D eigenvalue weighted by molar-refractivity contribution is -0.122. The molecule has 6 nitrogen and oxygen atoms in total. The van der Waals surface area contributed by atoms with Gasteiger partial charge in [-0.25, -0.2) is 0 Å². The van der Waals surface area contributed by atoms with E-state index in [4.69, 9.17) is 0 Å². The Morgan fingerprint density at radius 1 is 1.00 bits per heavy atom. The lowest BCUT2D eigenvalue weighted by Crippen LogP contribution is -2.30. The van der Waals surface area contributed by atoms with Gasteiger partial charge in [0.1, 0.15) is 4.91 Å². The minimum Gasteiger partial charge on any atom is -0.337 e. The molecule has 1 amide bonds. The zero-order valence-electron chi connectivity index (χ0n) is 16.8. The quantitative estimate of drug-likeness (QED) is 0.635.